The molecule has 3 heteroatoms. The molecular weight excluding hydrogens is 314 g/mol. The van der Waals surface area contributed by atoms with E-state index >= 15 is 0 Å². The summed E-state index contributed by atoms with van der Waals surface area (Å²) >= 11 is 3.48. The summed E-state index contributed by atoms with van der Waals surface area (Å²) in [5, 5.41) is 3.53. The largest absolute Gasteiger partial charge is 0.494 e. The molecule has 0 aliphatic heterocycles. The Kier molecular flexibility index (Phi) is 5.62. The SMILES string of the molecule is CCNC(c1ccc(Br)cc1)c1ccc(OCC)cc1. The third-order valence-corrected chi connectivity index (χ3v) is 3.66. The first-order valence-corrected chi connectivity index (χ1v) is 7.75. The normalized spacial score (nSPS) is 12.2. The van der Waals surface area contributed by atoms with E-state index in [-0.39, 0.29) is 6.04 Å². The molecule has 0 bridgehead atoms. The zero-order chi connectivity index (χ0) is 14.4. The van der Waals surface area contributed by atoms with Gasteiger partial charge in [-0.1, -0.05) is 47.1 Å². The fourth-order valence-electron chi connectivity index (χ4n) is 2.21. The number of halogens is 1. The van der Waals surface area contributed by atoms with Crippen LogP contribution in [0.5, 0.6) is 5.75 Å². The average molecular weight is 334 g/mol. The lowest BCUT2D eigenvalue weighted by Crippen LogP contribution is -2.21. The molecule has 0 fully saturated rings. The smallest absolute Gasteiger partial charge is 0.119 e. The van der Waals surface area contributed by atoms with Crippen LogP contribution in [0.2, 0.25) is 0 Å². The van der Waals surface area contributed by atoms with Gasteiger partial charge in [0, 0.05) is 4.47 Å². The first-order valence-electron chi connectivity index (χ1n) is 6.96. The second-order valence-corrected chi connectivity index (χ2v) is 5.46. The minimum Gasteiger partial charge on any atom is -0.494 e. The van der Waals surface area contributed by atoms with Crippen molar-refractivity contribution in [3.05, 3.63) is 64.1 Å². The summed E-state index contributed by atoms with van der Waals surface area (Å²) < 4.78 is 6.60. The van der Waals surface area contributed by atoms with E-state index in [1.54, 1.807) is 0 Å². The van der Waals surface area contributed by atoms with Crippen LogP contribution in [0.4, 0.5) is 0 Å². The Hall–Kier alpha value is -1.32. The van der Waals surface area contributed by atoms with Crippen LogP contribution in [0.1, 0.15) is 31.0 Å². The van der Waals surface area contributed by atoms with Gasteiger partial charge >= 0.3 is 0 Å². The van der Waals surface area contributed by atoms with E-state index in [9.17, 15) is 0 Å². The van der Waals surface area contributed by atoms with Crippen molar-refractivity contribution in [2.24, 2.45) is 0 Å². The van der Waals surface area contributed by atoms with Crippen LogP contribution in [0.3, 0.4) is 0 Å². The van der Waals surface area contributed by atoms with Crippen LogP contribution >= 0.6 is 15.9 Å². The van der Waals surface area contributed by atoms with Crippen molar-refractivity contribution in [3.8, 4) is 5.75 Å². The fourth-order valence-corrected chi connectivity index (χ4v) is 2.48. The molecule has 0 aromatic heterocycles. The molecule has 106 valence electrons. The first-order chi connectivity index (χ1) is 9.74. The van der Waals surface area contributed by atoms with Gasteiger partial charge in [-0.15, -0.1) is 0 Å². The van der Waals surface area contributed by atoms with Crippen LogP contribution in [0, 0.1) is 0 Å². The maximum absolute atomic E-state index is 5.50. The van der Waals surface area contributed by atoms with Gasteiger partial charge in [0.1, 0.15) is 5.75 Å². The number of nitrogens with one attached hydrogen (secondary N) is 1. The van der Waals surface area contributed by atoms with E-state index < -0.39 is 0 Å². The Morgan fingerprint density at radius 3 is 2.00 bits per heavy atom. The van der Waals surface area contributed by atoms with Gasteiger partial charge < -0.3 is 10.1 Å². The summed E-state index contributed by atoms with van der Waals surface area (Å²) in [7, 11) is 0. The molecule has 20 heavy (non-hydrogen) atoms. The van der Waals surface area contributed by atoms with Crippen molar-refractivity contribution < 1.29 is 4.74 Å². The van der Waals surface area contributed by atoms with Crippen LogP contribution in [0.25, 0.3) is 0 Å². The highest BCUT2D eigenvalue weighted by Crippen LogP contribution is 2.25. The van der Waals surface area contributed by atoms with Crippen LogP contribution in [-0.2, 0) is 0 Å². The summed E-state index contributed by atoms with van der Waals surface area (Å²) in [6.07, 6.45) is 0. The Balaban J connectivity index is 2.25. The van der Waals surface area contributed by atoms with Gasteiger partial charge in [-0.3, -0.25) is 0 Å². The molecule has 0 amide bonds. The predicted molar refractivity (Wildman–Crippen MR) is 87.3 cm³/mol. The molecule has 1 unspecified atom stereocenters. The van der Waals surface area contributed by atoms with E-state index in [4.69, 9.17) is 4.74 Å². The molecule has 0 radical (unpaired) electrons. The minimum absolute atomic E-state index is 0.212. The van der Waals surface area contributed by atoms with Crippen molar-refractivity contribution in [2.45, 2.75) is 19.9 Å². The molecule has 0 saturated carbocycles. The van der Waals surface area contributed by atoms with E-state index in [0.29, 0.717) is 6.61 Å². The molecule has 0 spiro atoms. The lowest BCUT2D eigenvalue weighted by atomic mass is 9.98. The molecule has 2 nitrogen and oxygen atoms in total. The molecule has 2 aromatic carbocycles. The molecular formula is C17H20BrNO. The van der Waals surface area contributed by atoms with Crippen LogP contribution in [0.15, 0.2) is 53.0 Å². The standard InChI is InChI=1S/C17H20BrNO/c1-3-19-17(13-5-9-15(18)10-6-13)14-7-11-16(12-8-14)20-4-2/h5-12,17,19H,3-4H2,1-2H3. The van der Waals surface area contributed by atoms with Crippen molar-refractivity contribution in [2.75, 3.05) is 13.2 Å². The quantitative estimate of drug-likeness (QED) is 0.837. The van der Waals surface area contributed by atoms with Crippen molar-refractivity contribution in [1.29, 1.82) is 0 Å². The Bertz CT molecular complexity index is 522. The van der Waals surface area contributed by atoms with Gasteiger partial charge in [-0.05, 0) is 48.9 Å². The highest BCUT2D eigenvalue weighted by molar-refractivity contribution is 9.10. The molecule has 2 rings (SSSR count). The third-order valence-electron chi connectivity index (χ3n) is 3.14. The van der Waals surface area contributed by atoms with Crippen LogP contribution < -0.4 is 10.1 Å². The van der Waals surface area contributed by atoms with Gasteiger partial charge in [0.05, 0.1) is 12.6 Å². The molecule has 0 heterocycles. The Morgan fingerprint density at radius 1 is 0.950 bits per heavy atom. The predicted octanol–water partition coefficient (Wildman–Crippen LogP) is 4.55. The molecule has 1 N–H and O–H groups in total. The van der Waals surface area contributed by atoms with Gasteiger partial charge in [0.15, 0.2) is 0 Å². The maximum atomic E-state index is 5.50. The summed E-state index contributed by atoms with van der Waals surface area (Å²) in [5.74, 6) is 0.919. The minimum atomic E-state index is 0.212. The zero-order valence-electron chi connectivity index (χ0n) is 11.9. The molecule has 1 atom stereocenters. The molecule has 0 saturated heterocycles. The van der Waals surface area contributed by atoms with E-state index in [1.165, 1.54) is 11.1 Å². The van der Waals surface area contributed by atoms with E-state index in [2.05, 4.69) is 64.6 Å². The number of benzene rings is 2. The highest BCUT2D eigenvalue weighted by Gasteiger charge is 2.12. The van der Waals surface area contributed by atoms with Crippen molar-refractivity contribution in [3.63, 3.8) is 0 Å². The second kappa shape index (κ2) is 7.46. The Labute approximate surface area is 129 Å². The zero-order valence-corrected chi connectivity index (χ0v) is 13.5. The summed E-state index contributed by atoms with van der Waals surface area (Å²) in [6, 6.07) is 17.0. The summed E-state index contributed by atoms with van der Waals surface area (Å²) in [6.45, 7) is 5.74. The molecule has 0 aliphatic rings. The molecule has 2 aromatic rings. The lowest BCUT2D eigenvalue weighted by Gasteiger charge is -2.19. The Morgan fingerprint density at radius 2 is 1.50 bits per heavy atom. The van der Waals surface area contributed by atoms with Crippen molar-refractivity contribution in [1.82, 2.24) is 5.32 Å². The third kappa shape index (κ3) is 3.84. The summed E-state index contributed by atoms with van der Waals surface area (Å²) in [5.41, 5.74) is 2.51. The fraction of sp³-hybridized carbons (Fsp3) is 0.294. The van der Waals surface area contributed by atoms with Crippen LogP contribution in [-0.4, -0.2) is 13.2 Å². The first kappa shape index (κ1) is 15.1. The lowest BCUT2D eigenvalue weighted by molar-refractivity contribution is 0.340. The number of ether oxygens (including phenoxy) is 1. The average Bonchev–Trinajstić information content (AvgIpc) is 2.47. The molecule has 0 aliphatic carbocycles. The van der Waals surface area contributed by atoms with Crippen molar-refractivity contribution >= 4 is 15.9 Å². The van der Waals surface area contributed by atoms with Gasteiger partial charge in [0.2, 0.25) is 0 Å². The highest BCUT2D eigenvalue weighted by atomic mass is 79.9. The monoisotopic (exact) mass is 333 g/mol. The number of rotatable bonds is 6. The van der Waals surface area contributed by atoms with Gasteiger partial charge in [-0.25, -0.2) is 0 Å². The number of hydrogen-bond acceptors (Lipinski definition) is 2. The summed E-state index contributed by atoms with van der Waals surface area (Å²) in [4.78, 5) is 0. The van der Waals surface area contributed by atoms with E-state index in [0.717, 1.165) is 16.8 Å². The van der Waals surface area contributed by atoms with Gasteiger partial charge in [0.25, 0.3) is 0 Å². The number of hydrogen-bond donors (Lipinski definition) is 1. The topological polar surface area (TPSA) is 21.3 Å². The van der Waals surface area contributed by atoms with Gasteiger partial charge in [-0.2, -0.15) is 0 Å². The van der Waals surface area contributed by atoms with E-state index in [1.807, 2.05) is 19.1 Å². The second-order valence-electron chi connectivity index (χ2n) is 4.54. The maximum Gasteiger partial charge on any atom is 0.119 e.